The molecule has 0 fully saturated rings. The van der Waals surface area contributed by atoms with Crippen LogP contribution in [0.5, 0.6) is 0 Å². The van der Waals surface area contributed by atoms with E-state index in [0.29, 0.717) is 0 Å². The number of amides is 4. The zero-order valence-corrected chi connectivity index (χ0v) is 14.7. The second-order valence-corrected chi connectivity index (χ2v) is 5.69. The van der Waals surface area contributed by atoms with E-state index in [1.54, 1.807) is 0 Å². The molecular formula is C14H25N5O8. The number of hydrogen-bond donors (Lipinski definition) is 8. The van der Waals surface area contributed by atoms with Crippen molar-refractivity contribution in [3.05, 3.63) is 0 Å². The Morgan fingerprint density at radius 2 is 1.63 bits per heavy atom. The predicted molar refractivity (Wildman–Crippen MR) is 89.7 cm³/mol. The van der Waals surface area contributed by atoms with Crippen LogP contribution in [0.1, 0.15) is 19.8 Å². The maximum atomic E-state index is 12.4. The van der Waals surface area contributed by atoms with Crippen LogP contribution in [0, 0.1) is 0 Å². The molecule has 0 aliphatic carbocycles. The smallest absolute Gasteiger partial charge is 0.322 e. The van der Waals surface area contributed by atoms with Crippen LogP contribution in [0.4, 0.5) is 0 Å². The summed E-state index contributed by atoms with van der Waals surface area (Å²) < 4.78 is 0. The van der Waals surface area contributed by atoms with E-state index in [1.165, 1.54) is 6.92 Å². The maximum absolute atomic E-state index is 12.4. The van der Waals surface area contributed by atoms with Crippen molar-refractivity contribution in [2.24, 2.45) is 11.5 Å². The number of carboxylic acid groups (broad SMARTS) is 1. The minimum atomic E-state index is -1.52. The summed E-state index contributed by atoms with van der Waals surface area (Å²) in [5.74, 6) is -4.87. The number of carbonyl (C=O) groups excluding carboxylic acids is 4. The maximum Gasteiger partial charge on any atom is 0.322 e. The van der Waals surface area contributed by atoms with Crippen LogP contribution < -0.4 is 27.4 Å². The third kappa shape index (κ3) is 9.48. The summed E-state index contributed by atoms with van der Waals surface area (Å²) in [6, 6.07) is -4.17. The van der Waals surface area contributed by atoms with Crippen LogP contribution in [-0.4, -0.2) is 82.3 Å². The van der Waals surface area contributed by atoms with Crippen molar-refractivity contribution in [2.45, 2.75) is 44.0 Å². The molecule has 0 aromatic carbocycles. The number of hydrogen-bond acceptors (Lipinski definition) is 8. The van der Waals surface area contributed by atoms with E-state index < -0.39 is 67.0 Å². The minimum Gasteiger partial charge on any atom is -0.480 e. The molecule has 0 spiro atoms. The molecule has 10 N–H and O–H groups in total. The summed E-state index contributed by atoms with van der Waals surface area (Å²) in [5.41, 5.74) is 10.4. The topological polar surface area (TPSA) is 234 Å². The lowest BCUT2D eigenvalue weighted by Crippen LogP contribution is -2.59. The number of rotatable bonds is 12. The van der Waals surface area contributed by atoms with E-state index in [2.05, 4.69) is 10.6 Å². The average Bonchev–Trinajstić information content (AvgIpc) is 2.59. The molecule has 0 aliphatic heterocycles. The van der Waals surface area contributed by atoms with Gasteiger partial charge < -0.3 is 42.7 Å². The first-order valence-electron chi connectivity index (χ1n) is 7.92. The van der Waals surface area contributed by atoms with Gasteiger partial charge in [0.2, 0.25) is 23.6 Å². The SMILES string of the molecule is CC(O)C(NC(=O)C(CCC(N)=O)NC(=O)C(N)CO)C(=O)NCC(=O)O. The number of carbonyl (C=O) groups is 5. The van der Waals surface area contributed by atoms with Crippen molar-refractivity contribution in [1.29, 1.82) is 0 Å². The highest BCUT2D eigenvalue weighted by Gasteiger charge is 2.30. The van der Waals surface area contributed by atoms with E-state index in [9.17, 15) is 29.1 Å². The summed E-state index contributed by atoms with van der Waals surface area (Å²) in [6.45, 7) is -0.237. The normalized spacial score (nSPS) is 15.0. The lowest BCUT2D eigenvalue weighted by Gasteiger charge is -2.25. The van der Waals surface area contributed by atoms with E-state index in [1.807, 2.05) is 5.32 Å². The highest BCUT2D eigenvalue weighted by Crippen LogP contribution is 2.01. The molecule has 0 heterocycles. The summed E-state index contributed by atoms with van der Waals surface area (Å²) in [7, 11) is 0. The first kappa shape index (κ1) is 24.2. The third-order valence-corrected chi connectivity index (χ3v) is 3.32. The van der Waals surface area contributed by atoms with Gasteiger partial charge in [0.05, 0.1) is 12.7 Å². The number of primary amides is 1. The van der Waals surface area contributed by atoms with Gasteiger partial charge in [-0.05, 0) is 13.3 Å². The van der Waals surface area contributed by atoms with Crippen LogP contribution in [0.3, 0.4) is 0 Å². The second kappa shape index (κ2) is 11.8. The van der Waals surface area contributed by atoms with Crippen molar-refractivity contribution < 1.29 is 39.3 Å². The minimum absolute atomic E-state index is 0.228. The zero-order chi connectivity index (χ0) is 21.1. The molecule has 0 bridgehead atoms. The Morgan fingerprint density at radius 1 is 1.04 bits per heavy atom. The van der Waals surface area contributed by atoms with E-state index >= 15 is 0 Å². The Balaban J connectivity index is 5.18. The van der Waals surface area contributed by atoms with Crippen molar-refractivity contribution in [3.8, 4) is 0 Å². The Morgan fingerprint density at radius 3 is 2.07 bits per heavy atom. The van der Waals surface area contributed by atoms with Crippen molar-refractivity contribution >= 4 is 29.6 Å². The number of nitrogens with two attached hydrogens (primary N) is 2. The number of carboxylic acids is 1. The van der Waals surface area contributed by atoms with Crippen molar-refractivity contribution in [3.63, 3.8) is 0 Å². The monoisotopic (exact) mass is 391 g/mol. The van der Waals surface area contributed by atoms with Gasteiger partial charge in [-0.25, -0.2) is 0 Å². The molecule has 0 aromatic heterocycles. The van der Waals surface area contributed by atoms with Crippen LogP contribution in [0.2, 0.25) is 0 Å². The van der Waals surface area contributed by atoms with Gasteiger partial charge >= 0.3 is 5.97 Å². The van der Waals surface area contributed by atoms with Gasteiger partial charge in [0.25, 0.3) is 0 Å². The summed E-state index contributed by atoms with van der Waals surface area (Å²) in [4.78, 5) is 57.5. The summed E-state index contributed by atoms with van der Waals surface area (Å²) in [6.07, 6.45) is -1.90. The number of nitrogens with one attached hydrogen (secondary N) is 3. The fourth-order valence-electron chi connectivity index (χ4n) is 1.85. The Labute approximate surface area is 154 Å². The van der Waals surface area contributed by atoms with Gasteiger partial charge in [-0.15, -0.1) is 0 Å². The Hall–Kier alpha value is -2.77. The van der Waals surface area contributed by atoms with E-state index in [4.69, 9.17) is 21.7 Å². The highest BCUT2D eigenvalue weighted by atomic mass is 16.4. The van der Waals surface area contributed by atoms with Crippen LogP contribution in [-0.2, 0) is 24.0 Å². The average molecular weight is 391 g/mol. The number of aliphatic hydroxyl groups excluding tert-OH is 2. The largest absolute Gasteiger partial charge is 0.480 e. The van der Waals surface area contributed by atoms with Crippen LogP contribution >= 0.6 is 0 Å². The molecule has 0 saturated carbocycles. The van der Waals surface area contributed by atoms with Gasteiger partial charge in [0.15, 0.2) is 0 Å². The molecule has 4 amide bonds. The van der Waals surface area contributed by atoms with Gasteiger partial charge in [-0.3, -0.25) is 24.0 Å². The predicted octanol–water partition coefficient (Wildman–Crippen LogP) is -4.88. The summed E-state index contributed by atoms with van der Waals surface area (Å²) in [5, 5.41) is 33.5. The van der Waals surface area contributed by atoms with Crippen molar-refractivity contribution in [2.75, 3.05) is 13.2 Å². The number of aliphatic hydroxyl groups is 2. The molecule has 0 radical (unpaired) electrons. The van der Waals surface area contributed by atoms with Gasteiger partial charge in [0, 0.05) is 6.42 Å². The molecule has 0 saturated heterocycles. The lowest BCUT2D eigenvalue weighted by atomic mass is 10.1. The van der Waals surface area contributed by atoms with E-state index in [0.717, 1.165) is 0 Å². The zero-order valence-electron chi connectivity index (χ0n) is 14.7. The molecule has 0 aromatic rings. The van der Waals surface area contributed by atoms with Crippen LogP contribution in [0.25, 0.3) is 0 Å². The number of aliphatic carboxylic acids is 1. The Bertz CT molecular complexity index is 568. The third-order valence-electron chi connectivity index (χ3n) is 3.32. The van der Waals surface area contributed by atoms with Crippen LogP contribution in [0.15, 0.2) is 0 Å². The molecule has 13 nitrogen and oxygen atoms in total. The molecule has 0 aliphatic rings. The van der Waals surface area contributed by atoms with Gasteiger partial charge in [-0.2, -0.15) is 0 Å². The molecule has 4 unspecified atom stereocenters. The molecule has 0 rings (SSSR count). The first-order valence-corrected chi connectivity index (χ1v) is 7.92. The molecule has 154 valence electrons. The Kier molecular flexibility index (Phi) is 10.6. The van der Waals surface area contributed by atoms with Gasteiger partial charge in [-0.1, -0.05) is 0 Å². The molecule has 4 atom stereocenters. The van der Waals surface area contributed by atoms with Crippen molar-refractivity contribution in [1.82, 2.24) is 16.0 Å². The molecule has 27 heavy (non-hydrogen) atoms. The molecular weight excluding hydrogens is 366 g/mol. The fourth-order valence-corrected chi connectivity index (χ4v) is 1.85. The lowest BCUT2D eigenvalue weighted by molar-refractivity contribution is -0.139. The van der Waals surface area contributed by atoms with E-state index in [-0.39, 0.29) is 12.8 Å². The first-order chi connectivity index (χ1) is 12.5. The summed E-state index contributed by atoms with van der Waals surface area (Å²) >= 11 is 0. The standard InChI is InChI=1S/C14H25N5O8/c1-6(21)11(14(27)17-4-10(23)24)19-13(26)8(2-3-9(16)22)18-12(25)7(15)5-20/h6-8,11,20-21H,2-5,15H2,1H3,(H2,16,22)(H,17,27)(H,18,25)(H,19,26)(H,23,24). The fraction of sp³-hybridized carbons (Fsp3) is 0.643. The highest BCUT2D eigenvalue weighted by molar-refractivity contribution is 5.94. The van der Waals surface area contributed by atoms with Gasteiger partial charge in [0.1, 0.15) is 24.7 Å². The quantitative estimate of drug-likeness (QED) is 0.159. The second-order valence-electron chi connectivity index (χ2n) is 5.69. The molecule has 13 heteroatoms.